The molecule has 1 saturated heterocycles. The second kappa shape index (κ2) is 7.38. The Hall–Kier alpha value is -2.82. The van der Waals surface area contributed by atoms with E-state index in [-0.39, 0.29) is 12.6 Å². The first kappa shape index (κ1) is 17.0. The minimum Gasteiger partial charge on any atom is -0.481 e. The fraction of sp³-hybridized carbons (Fsp3) is 0.300. The topological polar surface area (TPSA) is 69.6 Å². The molecule has 2 amide bonds. The van der Waals surface area contributed by atoms with Gasteiger partial charge in [0.1, 0.15) is 0 Å². The van der Waals surface area contributed by atoms with Gasteiger partial charge in [-0.1, -0.05) is 48.5 Å². The van der Waals surface area contributed by atoms with E-state index in [4.69, 9.17) is 5.11 Å². The van der Waals surface area contributed by atoms with Crippen LogP contribution in [0.25, 0.3) is 11.1 Å². The number of likely N-dealkylation sites (tertiary alicyclic amines) is 1. The van der Waals surface area contributed by atoms with Crippen molar-refractivity contribution in [1.82, 2.24) is 10.2 Å². The zero-order valence-corrected chi connectivity index (χ0v) is 14.2. The van der Waals surface area contributed by atoms with Crippen LogP contribution in [0.3, 0.4) is 0 Å². The number of carbonyl (C=O) groups excluding carboxylic acids is 1. The fourth-order valence-electron chi connectivity index (χ4n) is 3.21. The number of hydrogen-bond donors (Lipinski definition) is 2. The number of hydrogen-bond acceptors (Lipinski definition) is 2. The lowest BCUT2D eigenvalue weighted by atomic mass is 9.98. The molecule has 0 aliphatic carbocycles. The van der Waals surface area contributed by atoms with Crippen LogP contribution in [-0.2, 0) is 11.3 Å². The van der Waals surface area contributed by atoms with Gasteiger partial charge in [-0.2, -0.15) is 0 Å². The molecular weight excluding hydrogens is 316 g/mol. The van der Waals surface area contributed by atoms with Crippen molar-refractivity contribution in [3.8, 4) is 11.1 Å². The van der Waals surface area contributed by atoms with E-state index in [9.17, 15) is 9.59 Å². The van der Waals surface area contributed by atoms with Crippen molar-refractivity contribution >= 4 is 12.0 Å². The van der Waals surface area contributed by atoms with Gasteiger partial charge >= 0.3 is 12.0 Å². The van der Waals surface area contributed by atoms with E-state index < -0.39 is 11.9 Å². The van der Waals surface area contributed by atoms with Gasteiger partial charge in [0.25, 0.3) is 0 Å². The minimum atomic E-state index is -0.831. The molecule has 1 atom stereocenters. The molecule has 2 aromatic carbocycles. The molecule has 2 N–H and O–H groups in total. The van der Waals surface area contributed by atoms with Crippen LogP contribution in [0.5, 0.6) is 0 Å². The molecule has 1 heterocycles. The largest absolute Gasteiger partial charge is 0.481 e. The van der Waals surface area contributed by atoms with Crippen molar-refractivity contribution in [3.05, 3.63) is 59.7 Å². The van der Waals surface area contributed by atoms with Gasteiger partial charge < -0.3 is 15.3 Å². The Kier molecular flexibility index (Phi) is 5.03. The van der Waals surface area contributed by atoms with E-state index in [0.29, 0.717) is 19.5 Å². The van der Waals surface area contributed by atoms with E-state index in [1.807, 2.05) is 24.3 Å². The summed E-state index contributed by atoms with van der Waals surface area (Å²) in [4.78, 5) is 24.7. The molecule has 0 saturated carbocycles. The summed E-state index contributed by atoms with van der Waals surface area (Å²) in [6.45, 7) is 3.27. The van der Waals surface area contributed by atoms with Gasteiger partial charge in [-0.05, 0) is 35.6 Å². The van der Waals surface area contributed by atoms with E-state index in [1.54, 1.807) is 4.90 Å². The zero-order valence-electron chi connectivity index (χ0n) is 14.2. The Morgan fingerprint density at radius 2 is 1.96 bits per heavy atom. The summed E-state index contributed by atoms with van der Waals surface area (Å²) in [5, 5.41) is 11.9. The summed E-state index contributed by atoms with van der Waals surface area (Å²) in [7, 11) is 0. The monoisotopic (exact) mass is 338 g/mol. The average Bonchev–Trinajstić information content (AvgIpc) is 3.11. The molecule has 0 aromatic heterocycles. The summed E-state index contributed by atoms with van der Waals surface area (Å²) in [5.41, 5.74) is 4.54. The van der Waals surface area contributed by atoms with Crippen LogP contribution in [0.2, 0.25) is 0 Å². The number of amides is 2. The molecule has 2 aromatic rings. The van der Waals surface area contributed by atoms with Crippen LogP contribution in [0.1, 0.15) is 17.5 Å². The molecular formula is C20H22N2O3. The lowest BCUT2D eigenvalue weighted by Crippen LogP contribution is -2.38. The van der Waals surface area contributed by atoms with Gasteiger partial charge in [-0.15, -0.1) is 0 Å². The van der Waals surface area contributed by atoms with Gasteiger partial charge in [0.15, 0.2) is 0 Å². The summed E-state index contributed by atoms with van der Waals surface area (Å²) in [5.74, 6) is -1.28. The molecule has 1 aliphatic heterocycles. The number of rotatable bonds is 4. The number of benzene rings is 2. The average molecular weight is 338 g/mol. The fourth-order valence-corrected chi connectivity index (χ4v) is 3.21. The van der Waals surface area contributed by atoms with Crippen molar-refractivity contribution in [2.75, 3.05) is 13.1 Å². The number of carboxylic acids is 1. The lowest BCUT2D eigenvalue weighted by Gasteiger charge is -2.17. The first-order valence-electron chi connectivity index (χ1n) is 8.45. The number of aliphatic carboxylic acids is 1. The van der Waals surface area contributed by atoms with Gasteiger partial charge in [0.2, 0.25) is 0 Å². The Bertz CT molecular complexity index is 774. The Labute approximate surface area is 147 Å². The van der Waals surface area contributed by atoms with Crippen LogP contribution in [0.15, 0.2) is 48.5 Å². The maximum absolute atomic E-state index is 12.2. The van der Waals surface area contributed by atoms with E-state index in [2.05, 4.69) is 36.5 Å². The van der Waals surface area contributed by atoms with E-state index in [1.165, 1.54) is 11.1 Å². The van der Waals surface area contributed by atoms with Gasteiger partial charge in [-0.25, -0.2) is 4.79 Å². The second-order valence-electron chi connectivity index (χ2n) is 6.44. The highest BCUT2D eigenvalue weighted by molar-refractivity contribution is 5.77. The normalized spacial score (nSPS) is 16.7. The van der Waals surface area contributed by atoms with Crippen LogP contribution in [-0.4, -0.2) is 35.1 Å². The number of nitrogens with one attached hydrogen (secondary N) is 1. The van der Waals surface area contributed by atoms with Crippen molar-refractivity contribution in [2.24, 2.45) is 5.92 Å². The molecule has 25 heavy (non-hydrogen) atoms. The minimum absolute atomic E-state index is 0.200. The quantitative estimate of drug-likeness (QED) is 0.899. The smallest absolute Gasteiger partial charge is 0.317 e. The molecule has 5 nitrogen and oxygen atoms in total. The summed E-state index contributed by atoms with van der Waals surface area (Å²) >= 11 is 0. The van der Waals surface area contributed by atoms with E-state index in [0.717, 1.165) is 11.1 Å². The molecule has 1 fully saturated rings. The zero-order chi connectivity index (χ0) is 17.8. The predicted octanol–water partition coefficient (Wildman–Crippen LogP) is 3.28. The second-order valence-corrected chi connectivity index (χ2v) is 6.44. The number of carbonyl (C=O) groups is 2. The van der Waals surface area contributed by atoms with E-state index >= 15 is 0 Å². The lowest BCUT2D eigenvalue weighted by molar-refractivity contribution is -0.141. The van der Waals surface area contributed by atoms with Gasteiger partial charge in [0.05, 0.1) is 5.92 Å². The van der Waals surface area contributed by atoms with Crippen molar-refractivity contribution in [1.29, 1.82) is 0 Å². The molecule has 130 valence electrons. The molecule has 0 spiro atoms. The molecule has 1 aliphatic rings. The standard InChI is InChI=1S/C20H22N2O3/c1-14-11-15(7-8-18(14)16-5-3-2-4-6-16)12-21-20(25)22-10-9-17(13-22)19(23)24/h2-8,11,17H,9-10,12-13H2,1H3,(H,21,25)(H,23,24). The number of nitrogens with zero attached hydrogens (tertiary/aromatic N) is 1. The first-order valence-corrected chi connectivity index (χ1v) is 8.45. The highest BCUT2D eigenvalue weighted by Crippen LogP contribution is 2.24. The highest BCUT2D eigenvalue weighted by atomic mass is 16.4. The van der Waals surface area contributed by atoms with Crippen LogP contribution < -0.4 is 5.32 Å². The van der Waals surface area contributed by atoms with Gasteiger partial charge in [0, 0.05) is 19.6 Å². The highest BCUT2D eigenvalue weighted by Gasteiger charge is 2.30. The number of urea groups is 1. The van der Waals surface area contributed by atoms with Crippen molar-refractivity contribution < 1.29 is 14.7 Å². The molecule has 0 radical (unpaired) electrons. The van der Waals surface area contributed by atoms with Crippen LogP contribution in [0.4, 0.5) is 4.79 Å². The van der Waals surface area contributed by atoms with Crippen molar-refractivity contribution in [2.45, 2.75) is 19.9 Å². The number of carboxylic acid groups (broad SMARTS) is 1. The first-order chi connectivity index (χ1) is 12.0. The molecule has 5 heteroatoms. The molecule has 0 bridgehead atoms. The molecule has 3 rings (SSSR count). The maximum atomic E-state index is 12.2. The Morgan fingerprint density at radius 3 is 2.60 bits per heavy atom. The maximum Gasteiger partial charge on any atom is 0.317 e. The summed E-state index contributed by atoms with van der Waals surface area (Å²) in [6, 6.07) is 16.2. The molecule has 1 unspecified atom stereocenters. The third kappa shape index (κ3) is 3.99. The summed E-state index contributed by atoms with van der Waals surface area (Å²) in [6.07, 6.45) is 0.521. The van der Waals surface area contributed by atoms with Crippen molar-refractivity contribution in [3.63, 3.8) is 0 Å². The van der Waals surface area contributed by atoms with Gasteiger partial charge in [-0.3, -0.25) is 4.79 Å². The van der Waals surface area contributed by atoms with Crippen LogP contribution >= 0.6 is 0 Å². The Balaban J connectivity index is 1.60. The SMILES string of the molecule is Cc1cc(CNC(=O)N2CCC(C(=O)O)C2)ccc1-c1ccccc1. The third-order valence-electron chi connectivity index (χ3n) is 4.64. The van der Waals surface area contributed by atoms with Crippen LogP contribution in [0, 0.1) is 12.8 Å². The third-order valence-corrected chi connectivity index (χ3v) is 4.64. The Morgan fingerprint density at radius 1 is 1.20 bits per heavy atom. The number of aryl methyl sites for hydroxylation is 1. The predicted molar refractivity (Wildman–Crippen MR) is 96.2 cm³/mol. The summed E-state index contributed by atoms with van der Waals surface area (Å²) < 4.78 is 0.